The molecule has 1 fully saturated rings. The molecule has 2 aliphatic rings. The second-order valence-electron chi connectivity index (χ2n) is 5.75. The molecule has 1 unspecified atom stereocenters. The highest BCUT2D eigenvalue weighted by atomic mass is 16.7. The first-order valence-corrected chi connectivity index (χ1v) is 7.48. The summed E-state index contributed by atoms with van der Waals surface area (Å²) < 4.78 is 0. The standard InChI is InChI=1S/C15H18N4O4/c16-14-9-13(17-23-14)10-5-7-18(8-6-10)15(20)11-1-3-12(4-2-11)19(21)22/h1-4,9-10,13,17H,5-8,16H2. The second kappa shape index (κ2) is 6.25. The number of hydrogen-bond donors (Lipinski definition) is 2. The Bertz CT molecular complexity index is 635. The van der Waals surface area contributed by atoms with E-state index in [-0.39, 0.29) is 17.6 Å². The Labute approximate surface area is 133 Å². The number of likely N-dealkylation sites (tertiary alicyclic amines) is 1. The first-order valence-electron chi connectivity index (χ1n) is 7.48. The quantitative estimate of drug-likeness (QED) is 0.639. The van der Waals surface area contributed by atoms with Gasteiger partial charge < -0.3 is 15.5 Å². The van der Waals surface area contributed by atoms with E-state index in [1.807, 2.05) is 6.08 Å². The number of hydrogen-bond acceptors (Lipinski definition) is 6. The number of carbonyl (C=O) groups is 1. The highest BCUT2D eigenvalue weighted by Crippen LogP contribution is 2.25. The largest absolute Gasteiger partial charge is 0.391 e. The van der Waals surface area contributed by atoms with E-state index >= 15 is 0 Å². The summed E-state index contributed by atoms with van der Waals surface area (Å²) in [5.74, 6) is 0.667. The van der Waals surface area contributed by atoms with Gasteiger partial charge in [0.15, 0.2) is 0 Å². The zero-order valence-electron chi connectivity index (χ0n) is 12.5. The van der Waals surface area contributed by atoms with E-state index in [4.69, 9.17) is 10.6 Å². The Balaban J connectivity index is 1.58. The van der Waals surface area contributed by atoms with Gasteiger partial charge in [0.25, 0.3) is 11.6 Å². The smallest absolute Gasteiger partial charge is 0.269 e. The summed E-state index contributed by atoms with van der Waals surface area (Å²) in [4.78, 5) is 29.4. The van der Waals surface area contributed by atoms with Gasteiger partial charge in [-0.2, -0.15) is 0 Å². The van der Waals surface area contributed by atoms with Crippen molar-refractivity contribution in [3.8, 4) is 0 Å². The number of nitrogens with one attached hydrogen (secondary N) is 1. The number of non-ortho nitro benzene ring substituents is 1. The van der Waals surface area contributed by atoms with Crippen LogP contribution in [0.5, 0.6) is 0 Å². The maximum absolute atomic E-state index is 12.4. The molecule has 2 heterocycles. The van der Waals surface area contributed by atoms with E-state index < -0.39 is 4.92 Å². The lowest BCUT2D eigenvalue weighted by atomic mass is 9.89. The molecule has 8 nitrogen and oxygen atoms in total. The van der Waals surface area contributed by atoms with Crippen molar-refractivity contribution in [3.63, 3.8) is 0 Å². The molecule has 0 saturated carbocycles. The molecule has 1 amide bonds. The van der Waals surface area contributed by atoms with Crippen LogP contribution >= 0.6 is 0 Å². The average molecular weight is 318 g/mol. The van der Waals surface area contributed by atoms with Gasteiger partial charge in [0.2, 0.25) is 5.88 Å². The highest BCUT2D eigenvalue weighted by Gasteiger charge is 2.30. The third-order valence-electron chi connectivity index (χ3n) is 4.32. The lowest BCUT2D eigenvalue weighted by molar-refractivity contribution is -0.384. The molecular formula is C15H18N4O4. The molecule has 1 aromatic rings. The fourth-order valence-corrected chi connectivity index (χ4v) is 2.98. The summed E-state index contributed by atoms with van der Waals surface area (Å²) in [5, 5.41) is 10.6. The minimum atomic E-state index is -0.477. The van der Waals surface area contributed by atoms with Crippen molar-refractivity contribution in [3.05, 3.63) is 51.9 Å². The Kier molecular flexibility index (Phi) is 4.16. The van der Waals surface area contributed by atoms with Crippen LogP contribution in [0.25, 0.3) is 0 Å². The van der Waals surface area contributed by atoms with Crippen LogP contribution in [0.1, 0.15) is 23.2 Å². The van der Waals surface area contributed by atoms with Crippen LogP contribution in [0, 0.1) is 16.0 Å². The summed E-state index contributed by atoms with van der Waals surface area (Å²) in [6, 6.07) is 5.80. The number of nitrogens with zero attached hydrogens (tertiary/aromatic N) is 2. The number of nitrogens with two attached hydrogens (primary N) is 1. The monoisotopic (exact) mass is 318 g/mol. The SMILES string of the molecule is NC1=CC(C2CCN(C(=O)c3ccc([N+](=O)[O-])cc3)CC2)NO1. The van der Waals surface area contributed by atoms with E-state index in [0.29, 0.717) is 30.5 Å². The summed E-state index contributed by atoms with van der Waals surface area (Å²) in [5.41, 5.74) is 8.92. The fourth-order valence-electron chi connectivity index (χ4n) is 2.98. The summed E-state index contributed by atoms with van der Waals surface area (Å²) in [6.07, 6.45) is 3.56. The Hall–Kier alpha value is -2.61. The molecular weight excluding hydrogens is 300 g/mol. The van der Waals surface area contributed by atoms with E-state index in [9.17, 15) is 14.9 Å². The molecule has 122 valence electrons. The maximum Gasteiger partial charge on any atom is 0.269 e. The van der Waals surface area contributed by atoms with Crippen molar-refractivity contribution in [1.29, 1.82) is 0 Å². The molecule has 0 spiro atoms. The number of nitro groups is 1. The van der Waals surface area contributed by atoms with Gasteiger partial charge in [-0.3, -0.25) is 14.9 Å². The van der Waals surface area contributed by atoms with Crippen LogP contribution in [0.15, 0.2) is 36.2 Å². The number of rotatable bonds is 3. The van der Waals surface area contributed by atoms with Crippen LogP contribution in [0.2, 0.25) is 0 Å². The van der Waals surface area contributed by atoms with Crippen LogP contribution in [0.3, 0.4) is 0 Å². The molecule has 2 aliphatic heterocycles. The van der Waals surface area contributed by atoms with Gasteiger partial charge in [-0.1, -0.05) is 0 Å². The highest BCUT2D eigenvalue weighted by molar-refractivity contribution is 5.94. The van der Waals surface area contributed by atoms with Crippen LogP contribution in [-0.4, -0.2) is 34.9 Å². The third-order valence-corrected chi connectivity index (χ3v) is 4.32. The third kappa shape index (κ3) is 3.26. The topological polar surface area (TPSA) is 111 Å². The van der Waals surface area contributed by atoms with Gasteiger partial charge >= 0.3 is 0 Å². The number of carbonyl (C=O) groups excluding carboxylic acids is 1. The zero-order chi connectivity index (χ0) is 16.4. The van der Waals surface area contributed by atoms with Crippen molar-refractivity contribution >= 4 is 11.6 Å². The second-order valence-corrected chi connectivity index (χ2v) is 5.75. The number of piperidine rings is 1. The Morgan fingerprint density at radius 2 is 1.96 bits per heavy atom. The predicted molar refractivity (Wildman–Crippen MR) is 82.0 cm³/mol. The predicted octanol–water partition coefficient (Wildman–Crippen LogP) is 1.15. The molecule has 8 heteroatoms. The number of hydroxylamine groups is 1. The Morgan fingerprint density at radius 1 is 1.30 bits per heavy atom. The normalized spacial score (nSPS) is 21.7. The zero-order valence-corrected chi connectivity index (χ0v) is 12.5. The van der Waals surface area contributed by atoms with Gasteiger partial charge in [0.1, 0.15) is 0 Å². The molecule has 1 saturated heterocycles. The molecule has 0 aromatic heterocycles. The summed E-state index contributed by atoms with van der Waals surface area (Å²) in [7, 11) is 0. The first kappa shape index (κ1) is 15.3. The minimum absolute atomic E-state index is 0.0167. The minimum Gasteiger partial charge on any atom is -0.391 e. The van der Waals surface area contributed by atoms with Gasteiger partial charge in [0.05, 0.1) is 11.0 Å². The number of amides is 1. The number of benzene rings is 1. The van der Waals surface area contributed by atoms with Crippen LogP contribution in [-0.2, 0) is 4.84 Å². The molecule has 3 rings (SSSR count). The van der Waals surface area contributed by atoms with Crippen molar-refractivity contribution in [1.82, 2.24) is 10.4 Å². The lowest BCUT2D eigenvalue weighted by Gasteiger charge is -2.33. The Morgan fingerprint density at radius 3 is 2.48 bits per heavy atom. The first-order chi connectivity index (χ1) is 11.0. The van der Waals surface area contributed by atoms with Gasteiger partial charge in [-0.25, -0.2) is 0 Å². The van der Waals surface area contributed by atoms with E-state index in [1.165, 1.54) is 24.3 Å². The average Bonchev–Trinajstić information content (AvgIpc) is 3.01. The van der Waals surface area contributed by atoms with Crippen molar-refractivity contribution < 1.29 is 14.6 Å². The van der Waals surface area contributed by atoms with Crippen molar-refractivity contribution in [2.45, 2.75) is 18.9 Å². The fraction of sp³-hybridized carbons (Fsp3) is 0.400. The molecule has 23 heavy (non-hydrogen) atoms. The summed E-state index contributed by atoms with van der Waals surface area (Å²) >= 11 is 0. The molecule has 0 radical (unpaired) electrons. The van der Waals surface area contributed by atoms with Gasteiger partial charge in [-0.15, -0.1) is 5.48 Å². The molecule has 0 bridgehead atoms. The molecule has 1 atom stereocenters. The van der Waals surface area contributed by atoms with E-state index in [0.717, 1.165) is 12.8 Å². The van der Waals surface area contributed by atoms with Crippen molar-refractivity contribution in [2.24, 2.45) is 11.7 Å². The van der Waals surface area contributed by atoms with Crippen molar-refractivity contribution in [2.75, 3.05) is 13.1 Å². The van der Waals surface area contributed by atoms with Gasteiger partial charge in [0, 0.05) is 30.8 Å². The molecule has 0 aliphatic carbocycles. The molecule has 1 aromatic carbocycles. The van der Waals surface area contributed by atoms with E-state index in [2.05, 4.69) is 5.48 Å². The lowest BCUT2D eigenvalue weighted by Crippen LogP contribution is -2.43. The van der Waals surface area contributed by atoms with Gasteiger partial charge in [-0.05, 0) is 37.0 Å². The summed E-state index contributed by atoms with van der Waals surface area (Å²) in [6.45, 7) is 1.29. The van der Waals surface area contributed by atoms with Crippen LogP contribution in [0.4, 0.5) is 5.69 Å². The number of nitro benzene ring substituents is 1. The molecule has 3 N–H and O–H groups in total. The van der Waals surface area contributed by atoms with Crippen LogP contribution < -0.4 is 11.2 Å². The van der Waals surface area contributed by atoms with E-state index in [1.54, 1.807) is 4.90 Å². The maximum atomic E-state index is 12.4.